The van der Waals surface area contributed by atoms with Gasteiger partial charge in [-0.25, -0.2) is 0 Å². The number of epoxide rings is 1. The summed E-state index contributed by atoms with van der Waals surface area (Å²) in [6.45, 7) is 1.45. The summed E-state index contributed by atoms with van der Waals surface area (Å²) in [7, 11) is 0. The second-order valence-electron chi connectivity index (χ2n) is 2.92. The van der Waals surface area contributed by atoms with Gasteiger partial charge in [-0.05, 0) is 0 Å². The van der Waals surface area contributed by atoms with Crippen LogP contribution in [0, 0.1) is 0 Å². The van der Waals surface area contributed by atoms with Gasteiger partial charge in [0.1, 0.15) is 6.10 Å². The zero-order chi connectivity index (χ0) is 7.14. The van der Waals surface area contributed by atoms with Gasteiger partial charge in [0.15, 0.2) is 0 Å². The molecule has 0 aromatic heterocycles. The Morgan fingerprint density at radius 2 is 2.10 bits per heavy atom. The summed E-state index contributed by atoms with van der Waals surface area (Å²) in [4.78, 5) is 10.5. The minimum absolute atomic E-state index is 0.140. The average Bonchev–Trinajstić information content (AvgIpc) is 2.39. The number of hydrogen-bond donors (Lipinski definition) is 0. The standard InChI is InChI=1S/C7H10O3/c1-4(8)9-5-2-6-7(3-5)10-6/h5-7H,2-3H2,1H3/t5?,6-,7+. The number of carbonyl (C=O) groups excluding carboxylic acids is 1. The van der Waals surface area contributed by atoms with Crippen LogP contribution in [0.15, 0.2) is 0 Å². The summed E-state index contributed by atoms with van der Waals surface area (Å²) in [5, 5.41) is 0. The summed E-state index contributed by atoms with van der Waals surface area (Å²) in [6.07, 6.45) is 2.77. The monoisotopic (exact) mass is 142 g/mol. The number of hydrogen-bond acceptors (Lipinski definition) is 3. The van der Waals surface area contributed by atoms with Crippen LogP contribution < -0.4 is 0 Å². The second kappa shape index (κ2) is 1.95. The molecular weight excluding hydrogens is 132 g/mol. The number of fused-ring (bicyclic) bond motifs is 1. The zero-order valence-electron chi connectivity index (χ0n) is 5.87. The fourth-order valence-corrected chi connectivity index (χ4v) is 1.54. The van der Waals surface area contributed by atoms with Crippen LogP contribution in [0.5, 0.6) is 0 Å². The number of rotatable bonds is 1. The predicted octanol–water partition coefficient (Wildman–Crippen LogP) is 0.479. The maximum atomic E-state index is 10.5. The third kappa shape index (κ3) is 1.01. The summed E-state index contributed by atoms with van der Waals surface area (Å²) in [5.74, 6) is -0.175. The number of esters is 1. The fourth-order valence-electron chi connectivity index (χ4n) is 1.54. The van der Waals surface area contributed by atoms with Crippen molar-refractivity contribution in [3.05, 3.63) is 0 Å². The topological polar surface area (TPSA) is 38.8 Å². The Morgan fingerprint density at radius 1 is 1.50 bits per heavy atom. The lowest BCUT2D eigenvalue weighted by atomic mass is 10.3. The van der Waals surface area contributed by atoms with Gasteiger partial charge in [0.2, 0.25) is 0 Å². The molecule has 3 atom stereocenters. The highest BCUT2D eigenvalue weighted by molar-refractivity contribution is 5.66. The van der Waals surface area contributed by atoms with Crippen molar-refractivity contribution in [1.82, 2.24) is 0 Å². The molecule has 0 N–H and O–H groups in total. The van der Waals surface area contributed by atoms with E-state index in [1.54, 1.807) is 0 Å². The average molecular weight is 142 g/mol. The molecule has 0 spiro atoms. The molecule has 1 saturated carbocycles. The Morgan fingerprint density at radius 3 is 2.60 bits per heavy atom. The Kier molecular flexibility index (Phi) is 1.20. The molecule has 10 heavy (non-hydrogen) atoms. The van der Waals surface area contributed by atoms with Crippen LogP contribution in [-0.4, -0.2) is 24.3 Å². The van der Waals surface area contributed by atoms with Crippen molar-refractivity contribution < 1.29 is 14.3 Å². The van der Waals surface area contributed by atoms with E-state index >= 15 is 0 Å². The highest BCUT2D eigenvalue weighted by Crippen LogP contribution is 2.39. The molecule has 2 fully saturated rings. The van der Waals surface area contributed by atoms with Gasteiger partial charge in [-0.3, -0.25) is 4.79 Å². The van der Waals surface area contributed by atoms with E-state index in [0.717, 1.165) is 12.8 Å². The van der Waals surface area contributed by atoms with Crippen LogP contribution in [0.1, 0.15) is 19.8 Å². The smallest absolute Gasteiger partial charge is 0.302 e. The molecule has 0 aromatic carbocycles. The van der Waals surface area contributed by atoms with Gasteiger partial charge in [-0.2, -0.15) is 0 Å². The minimum Gasteiger partial charge on any atom is -0.462 e. The molecule has 0 bridgehead atoms. The molecule has 3 heteroatoms. The molecule has 0 amide bonds. The number of carbonyl (C=O) groups is 1. The molecule has 2 rings (SSSR count). The Bertz CT molecular complexity index is 156. The SMILES string of the molecule is CC(=O)OC1C[C@@H]2O[C@@H]2C1. The quantitative estimate of drug-likeness (QED) is 0.395. The molecule has 2 aliphatic rings. The van der Waals surface area contributed by atoms with Crippen LogP contribution in [-0.2, 0) is 14.3 Å². The van der Waals surface area contributed by atoms with E-state index in [0.29, 0.717) is 12.2 Å². The van der Waals surface area contributed by atoms with E-state index in [1.807, 2.05) is 0 Å². The summed E-state index contributed by atoms with van der Waals surface area (Å²) in [6, 6.07) is 0. The molecule has 1 aliphatic heterocycles. The largest absolute Gasteiger partial charge is 0.462 e. The summed E-state index contributed by atoms with van der Waals surface area (Å²) < 4.78 is 10.2. The van der Waals surface area contributed by atoms with Gasteiger partial charge in [0.25, 0.3) is 0 Å². The van der Waals surface area contributed by atoms with Crippen molar-refractivity contribution in [1.29, 1.82) is 0 Å². The lowest BCUT2D eigenvalue weighted by Gasteiger charge is -2.10. The Balaban J connectivity index is 1.80. The van der Waals surface area contributed by atoms with E-state index in [9.17, 15) is 4.79 Å². The van der Waals surface area contributed by atoms with Crippen molar-refractivity contribution in [3.63, 3.8) is 0 Å². The van der Waals surface area contributed by atoms with E-state index < -0.39 is 0 Å². The summed E-state index contributed by atoms with van der Waals surface area (Å²) >= 11 is 0. The maximum absolute atomic E-state index is 10.5. The van der Waals surface area contributed by atoms with Crippen LogP contribution in [0.25, 0.3) is 0 Å². The molecule has 1 saturated heterocycles. The Labute approximate surface area is 59.3 Å². The van der Waals surface area contributed by atoms with Gasteiger partial charge in [-0.1, -0.05) is 0 Å². The molecule has 1 aliphatic carbocycles. The van der Waals surface area contributed by atoms with Crippen LogP contribution >= 0.6 is 0 Å². The zero-order valence-corrected chi connectivity index (χ0v) is 5.87. The first-order valence-corrected chi connectivity index (χ1v) is 3.58. The second-order valence-corrected chi connectivity index (χ2v) is 2.92. The van der Waals surface area contributed by atoms with Gasteiger partial charge < -0.3 is 9.47 Å². The first kappa shape index (κ1) is 6.16. The van der Waals surface area contributed by atoms with Gasteiger partial charge in [-0.15, -0.1) is 0 Å². The highest BCUT2D eigenvalue weighted by atomic mass is 16.6. The third-order valence-corrected chi connectivity index (χ3v) is 2.01. The van der Waals surface area contributed by atoms with E-state index in [1.165, 1.54) is 6.92 Å². The van der Waals surface area contributed by atoms with Crippen molar-refractivity contribution in [3.8, 4) is 0 Å². The van der Waals surface area contributed by atoms with Crippen molar-refractivity contribution in [2.45, 2.75) is 38.1 Å². The summed E-state index contributed by atoms with van der Waals surface area (Å²) in [5.41, 5.74) is 0. The predicted molar refractivity (Wildman–Crippen MR) is 33.4 cm³/mol. The molecule has 1 unspecified atom stereocenters. The number of ether oxygens (including phenoxy) is 2. The molecule has 0 aromatic rings. The lowest BCUT2D eigenvalue weighted by molar-refractivity contribution is -0.146. The minimum atomic E-state index is -0.175. The van der Waals surface area contributed by atoms with Crippen LogP contribution in [0.4, 0.5) is 0 Å². The third-order valence-electron chi connectivity index (χ3n) is 2.01. The first-order valence-electron chi connectivity index (χ1n) is 3.58. The van der Waals surface area contributed by atoms with Gasteiger partial charge in [0, 0.05) is 19.8 Å². The van der Waals surface area contributed by atoms with Gasteiger partial charge in [0.05, 0.1) is 12.2 Å². The Hall–Kier alpha value is -0.570. The van der Waals surface area contributed by atoms with Crippen molar-refractivity contribution >= 4 is 5.97 Å². The molecule has 0 radical (unpaired) electrons. The van der Waals surface area contributed by atoms with Crippen LogP contribution in [0.2, 0.25) is 0 Å². The van der Waals surface area contributed by atoms with E-state index in [4.69, 9.17) is 9.47 Å². The van der Waals surface area contributed by atoms with Crippen molar-refractivity contribution in [2.75, 3.05) is 0 Å². The van der Waals surface area contributed by atoms with Crippen molar-refractivity contribution in [2.24, 2.45) is 0 Å². The van der Waals surface area contributed by atoms with Gasteiger partial charge >= 0.3 is 5.97 Å². The van der Waals surface area contributed by atoms with Crippen LogP contribution in [0.3, 0.4) is 0 Å². The highest BCUT2D eigenvalue weighted by Gasteiger charge is 2.49. The van der Waals surface area contributed by atoms with E-state index in [-0.39, 0.29) is 12.1 Å². The molecule has 56 valence electrons. The molecule has 3 nitrogen and oxygen atoms in total. The van der Waals surface area contributed by atoms with E-state index in [2.05, 4.69) is 0 Å². The molecular formula is C7H10O3. The maximum Gasteiger partial charge on any atom is 0.302 e. The normalized spacial score (nSPS) is 42.7. The molecule has 1 heterocycles. The first-order chi connectivity index (χ1) is 4.75. The fraction of sp³-hybridized carbons (Fsp3) is 0.857. The lowest BCUT2D eigenvalue weighted by Crippen LogP contribution is -2.14.